The summed E-state index contributed by atoms with van der Waals surface area (Å²) in [5, 5.41) is 1.19. The van der Waals surface area contributed by atoms with Gasteiger partial charge in [-0.2, -0.15) is 0 Å². The molecule has 1 atom stereocenters. The maximum absolute atomic E-state index is 6.04. The Kier molecular flexibility index (Phi) is 2.56. The minimum Gasteiger partial charge on any atom is -0.257 e. The van der Waals surface area contributed by atoms with Gasteiger partial charge in [0.15, 0.2) is 0 Å². The number of aliphatic imine (C=N–C) groups is 1. The molecule has 1 aliphatic rings. The maximum atomic E-state index is 6.04. The number of hydrogen-bond acceptors (Lipinski definition) is 1. The van der Waals surface area contributed by atoms with E-state index in [0.717, 1.165) is 17.8 Å². The van der Waals surface area contributed by atoms with Gasteiger partial charge in [-0.1, -0.05) is 37.0 Å². The second-order valence-corrected chi connectivity index (χ2v) is 4.98. The lowest BCUT2D eigenvalue weighted by molar-refractivity contribution is 0.624. The minimum absolute atomic E-state index is 0.0174. The van der Waals surface area contributed by atoms with Gasteiger partial charge in [-0.25, -0.2) is 0 Å². The van der Waals surface area contributed by atoms with E-state index in [2.05, 4.69) is 25.8 Å². The largest absolute Gasteiger partial charge is 0.257 e. The van der Waals surface area contributed by atoms with Crippen LogP contribution in [0.1, 0.15) is 32.8 Å². The lowest BCUT2D eigenvalue weighted by Crippen LogP contribution is -2.26. The van der Waals surface area contributed by atoms with E-state index < -0.39 is 0 Å². The van der Waals surface area contributed by atoms with Crippen LogP contribution in [0.25, 0.3) is 0 Å². The van der Waals surface area contributed by atoms with Gasteiger partial charge in [0, 0.05) is 11.1 Å². The topological polar surface area (TPSA) is 12.4 Å². The van der Waals surface area contributed by atoms with Gasteiger partial charge in [0.1, 0.15) is 0 Å². The standard InChI is InChI=1S/C12H13Cl2N/c1-4-12(3)7(2)15-11-6-10(14)9(13)5-8(11)12/h5-6H,4H2,1-3H3. The van der Waals surface area contributed by atoms with Crippen LogP contribution < -0.4 is 0 Å². The van der Waals surface area contributed by atoms with Crippen LogP contribution in [-0.4, -0.2) is 5.71 Å². The molecule has 0 radical (unpaired) electrons. The van der Waals surface area contributed by atoms with Gasteiger partial charge >= 0.3 is 0 Å². The molecular formula is C12H13Cl2N. The summed E-state index contributed by atoms with van der Waals surface area (Å²) >= 11 is 12.0. The van der Waals surface area contributed by atoms with Crippen molar-refractivity contribution in [1.82, 2.24) is 0 Å². The Morgan fingerprint density at radius 2 is 1.87 bits per heavy atom. The van der Waals surface area contributed by atoms with E-state index in [1.54, 1.807) is 0 Å². The first-order valence-electron chi connectivity index (χ1n) is 5.04. The van der Waals surface area contributed by atoms with Gasteiger partial charge < -0.3 is 0 Å². The Labute approximate surface area is 100 Å². The van der Waals surface area contributed by atoms with Crippen LogP contribution in [-0.2, 0) is 5.41 Å². The molecule has 1 aromatic carbocycles. The van der Waals surface area contributed by atoms with Crippen LogP contribution in [0.4, 0.5) is 5.69 Å². The summed E-state index contributed by atoms with van der Waals surface area (Å²) in [5.74, 6) is 0. The molecule has 0 bridgehead atoms. The fourth-order valence-electron chi connectivity index (χ4n) is 2.02. The molecule has 0 aliphatic carbocycles. The Hall–Kier alpha value is -0.530. The van der Waals surface area contributed by atoms with E-state index in [0.29, 0.717) is 10.0 Å². The number of hydrogen-bond donors (Lipinski definition) is 0. The van der Waals surface area contributed by atoms with Gasteiger partial charge in [0.25, 0.3) is 0 Å². The molecular weight excluding hydrogens is 229 g/mol. The first-order valence-corrected chi connectivity index (χ1v) is 5.80. The van der Waals surface area contributed by atoms with Crippen LogP contribution in [0.3, 0.4) is 0 Å². The van der Waals surface area contributed by atoms with Crippen molar-refractivity contribution in [2.75, 3.05) is 0 Å². The van der Waals surface area contributed by atoms with Gasteiger partial charge in [0.05, 0.1) is 15.7 Å². The highest BCUT2D eigenvalue weighted by molar-refractivity contribution is 6.42. The number of nitrogens with zero attached hydrogens (tertiary/aromatic N) is 1. The molecule has 1 heterocycles. The van der Waals surface area contributed by atoms with E-state index in [4.69, 9.17) is 23.2 Å². The molecule has 80 valence electrons. The van der Waals surface area contributed by atoms with Crippen molar-refractivity contribution < 1.29 is 0 Å². The molecule has 1 aliphatic heterocycles. The molecule has 0 spiro atoms. The number of rotatable bonds is 1. The van der Waals surface area contributed by atoms with Crippen molar-refractivity contribution in [3.8, 4) is 0 Å². The second-order valence-electron chi connectivity index (χ2n) is 4.17. The van der Waals surface area contributed by atoms with Gasteiger partial charge in [-0.3, -0.25) is 4.99 Å². The third kappa shape index (κ3) is 1.49. The highest BCUT2D eigenvalue weighted by Crippen LogP contribution is 2.45. The Morgan fingerprint density at radius 1 is 1.27 bits per heavy atom. The zero-order valence-corrected chi connectivity index (χ0v) is 10.6. The van der Waals surface area contributed by atoms with E-state index >= 15 is 0 Å². The maximum Gasteiger partial charge on any atom is 0.0686 e. The monoisotopic (exact) mass is 241 g/mol. The minimum atomic E-state index is 0.0174. The van der Waals surface area contributed by atoms with Crippen LogP contribution >= 0.6 is 23.2 Å². The molecule has 0 aromatic heterocycles. The van der Waals surface area contributed by atoms with Crippen molar-refractivity contribution in [3.63, 3.8) is 0 Å². The average Bonchev–Trinajstić information content (AvgIpc) is 2.43. The zero-order valence-electron chi connectivity index (χ0n) is 9.06. The van der Waals surface area contributed by atoms with Crippen molar-refractivity contribution in [2.24, 2.45) is 4.99 Å². The van der Waals surface area contributed by atoms with E-state index in [1.165, 1.54) is 5.56 Å². The van der Waals surface area contributed by atoms with E-state index in [-0.39, 0.29) is 5.41 Å². The number of benzene rings is 1. The van der Waals surface area contributed by atoms with Crippen molar-refractivity contribution >= 4 is 34.6 Å². The molecule has 0 amide bonds. The summed E-state index contributed by atoms with van der Waals surface area (Å²) in [4.78, 5) is 4.55. The number of halogens is 2. The fraction of sp³-hybridized carbons (Fsp3) is 0.417. The smallest absolute Gasteiger partial charge is 0.0686 e. The van der Waals surface area contributed by atoms with Crippen molar-refractivity contribution in [1.29, 1.82) is 0 Å². The predicted molar refractivity (Wildman–Crippen MR) is 66.9 cm³/mol. The number of fused-ring (bicyclic) bond motifs is 1. The van der Waals surface area contributed by atoms with E-state index in [9.17, 15) is 0 Å². The Morgan fingerprint density at radius 3 is 2.47 bits per heavy atom. The normalized spacial score (nSPS) is 23.9. The van der Waals surface area contributed by atoms with Crippen LogP contribution in [0.5, 0.6) is 0 Å². The quantitative estimate of drug-likeness (QED) is 0.672. The van der Waals surface area contributed by atoms with Crippen LogP contribution in [0, 0.1) is 0 Å². The summed E-state index contributed by atoms with van der Waals surface area (Å²) in [6.45, 7) is 6.42. The molecule has 0 saturated heterocycles. The lowest BCUT2D eigenvalue weighted by atomic mass is 9.78. The molecule has 1 nitrogen and oxygen atoms in total. The third-order valence-electron chi connectivity index (χ3n) is 3.43. The fourth-order valence-corrected chi connectivity index (χ4v) is 2.34. The van der Waals surface area contributed by atoms with Crippen molar-refractivity contribution in [2.45, 2.75) is 32.6 Å². The SMILES string of the molecule is CCC1(C)C(C)=Nc2cc(Cl)c(Cl)cc21. The van der Waals surface area contributed by atoms with Crippen LogP contribution in [0.15, 0.2) is 17.1 Å². The molecule has 0 N–H and O–H groups in total. The zero-order chi connectivity index (χ0) is 11.2. The van der Waals surface area contributed by atoms with Gasteiger partial charge in [0.2, 0.25) is 0 Å². The predicted octanol–water partition coefficient (Wildman–Crippen LogP) is 4.77. The molecule has 3 heteroatoms. The summed E-state index contributed by atoms with van der Waals surface area (Å²) in [6, 6.07) is 3.80. The van der Waals surface area contributed by atoms with E-state index in [1.807, 2.05) is 12.1 Å². The van der Waals surface area contributed by atoms with Gasteiger partial charge in [-0.05, 0) is 31.0 Å². The first kappa shape index (κ1) is 11.0. The molecule has 1 aromatic rings. The molecule has 2 rings (SSSR count). The van der Waals surface area contributed by atoms with Gasteiger partial charge in [-0.15, -0.1) is 0 Å². The summed E-state index contributed by atoms with van der Waals surface area (Å²) in [5.41, 5.74) is 3.31. The molecule has 15 heavy (non-hydrogen) atoms. The highest BCUT2D eigenvalue weighted by atomic mass is 35.5. The summed E-state index contributed by atoms with van der Waals surface area (Å²) in [6.07, 6.45) is 1.02. The second kappa shape index (κ2) is 3.50. The highest BCUT2D eigenvalue weighted by Gasteiger charge is 2.35. The molecule has 1 unspecified atom stereocenters. The lowest BCUT2D eigenvalue weighted by Gasteiger charge is -2.24. The summed E-state index contributed by atoms with van der Waals surface area (Å²) in [7, 11) is 0. The molecule has 0 fully saturated rings. The third-order valence-corrected chi connectivity index (χ3v) is 4.15. The average molecular weight is 242 g/mol. The Bertz CT molecular complexity index is 451. The van der Waals surface area contributed by atoms with Crippen molar-refractivity contribution in [3.05, 3.63) is 27.7 Å². The summed E-state index contributed by atoms with van der Waals surface area (Å²) < 4.78 is 0. The van der Waals surface area contributed by atoms with Crippen LogP contribution in [0.2, 0.25) is 10.0 Å². The molecule has 0 saturated carbocycles. The Balaban J connectivity index is 2.66. The first-order chi connectivity index (χ1) is 6.99.